The van der Waals surface area contributed by atoms with Gasteiger partial charge in [0.25, 0.3) is 6.48 Å². The van der Waals surface area contributed by atoms with Crippen LogP contribution in [-0.2, 0) is 26.6 Å². The predicted octanol–water partition coefficient (Wildman–Crippen LogP) is 14.2. The third-order valence-corrected chi connectivity index (χ3v) is 11.1. The number of aromatic nitrogens is 4. The SMILES string of the molecule is C.C/C(F)=S(\F)c1c(C)nn(-c2c(Cl)cc(C(F)(F)F)cc2Cl)c1N.CCC=Nc1c(/S(F)=C(\C)F)c(C)nn1-c1c(Cl)cc(C(F)(F)F)cc1Cl.CCOC(OCC)OCC.O. The predicted molar refractivity (Wildman–Crippen MR) is 236 cm³/mol. The number of aryl methyl sites for hydroxylation is 2. The molecule has 358 valence electrons. The smallest absolute Gasteiger partial charge is 0.412 e. The molecule has 2 heterocycles. The lowest BCUT2D eigenvalue weighted by Crippen LogP contribution is -2.20. The van der Waals surface area contributed by atoms with Crippen molar-refractivity contribution in [1.29, 1.82) is 0 Å². The zero-order valence-corrected chi connectivity index (χ0v) is 38.6. The third-order valence-electron chi connectivity index (χ3n) is 7.29. The van der Waals surface area contributed by atoms with Crippen LogP contribution < -0.4 is 5.73 Å². The Morgan fingerprint density at radius 3 is 1.38 bits per heavy atom. The molecule has 63 heavy (non-hydrogen) atoms. The number of rotatable bonds is 12. The van der Waals surface area contributed by atoms with E-state index in [0.717, 1.165) is 23.2 Å². The highest BCUT2D eigenvalue weighted by molar-refractivity contribution is 8.11. The Morgan fingerprint density at radius 2 is 1.05 bits per heavy atom. The lowest BCUT2D eigenvalue weighted by molar-refractivity contribution is -0.282. The van der Waals surface area contributed by atoms with Gasteiger partial charge in [0.1, 0.15) is 27.0 Å². The van der Waals surface area contributed by atoms with Gasteiger partial charge in [-0.25, -0.2) is 23.1 Å². The normalized spacial score (nSPS) is 13.1. The summed E-state index contributed by atoms with van der Waals surface area (Å²) < 4.78 is 149. The van der Waals surface area contributed by atoms with Crippen LogP contribution in [-0.4, -0.2) is 67.8 Å². The lowest BCUT2D eigenvalue weighted by Gasteiger charge is -2.15. The highest BCUT2D eigenvalue weighted by Gasteiger charge is 2.34. The zero-order chi connectivity index (χ0) is 46.7. The van der Waals surface area contributed by atoms with E-state index in [1.54, 1.807) is 6.92 Å². The van der Waals surface area contributed by atoms with Crippen LogP contribution in [0, 0.1) is 13.8 Å². The van der Waals surface area contributed by atoms with E-state index in [1.807, 2.05) is 20.8 Å². The first-order valence-electron chi connectivity index (χ1n) is 17.5. The van der Waals surface area contributed by atoms with Crippen LogP contribution in [0.1, 0.15) is 77.9 Å². The lowest BCUT2D eigenvalue weighted by atomic mass is 10.2. The maximum Gasteiger partial charge on any atom is 0.416 e. The number of aliphatic imine (C=N–C) groups is 1. The molecule has 4 rings (SSSR count). The summed E-state index contributed by atoms with van der Waals surface area (Å²) in [5, 5.41) is 4.57. The summed E-state index contributed by atoms with van der Waals surface area (Å²) in [5.41, 5.74) is 3.64. The number of nitrogen functional groups attached to an aromatic ring is 1. The number of nitrogens with two attached hydrogens (primary N) is 1. The van der Waals surface area contributed by atoms with E-state index in [-0.39, 0.29) is 77.2 Å². The first-order chi connectivity index (χ1) is 28.3. The molecule has 0 fully saturated rings. The van der Waals surface area contributed by atoms with Gasteiger partial charge in [-0.3, -0.25) is 0 Å². The van der Waals surface area contributed by atoms with Gasteiger partial charge in [0.15, 0.2) is 16.1 Å². The Morgan fingerprint density at radius 1 is 0.714 bits per heavy atom. The number of hydrogen-bond donors (Lipinski definition) is 1. The molecule has 0 saturated heterocycles. The number of ether oxygens (including phenoxy) is 3. The molecule has 0 aliphatic carbocycles. The molecule has 26 heteroatoms. The molecule has 0 bridgehead atoms. The fourth-order valence-corrected chi connectivity index (χ4v) is 7.80. The van der Waals surface area contributed by atoms with Gasteiger partial charge in [0, 0.05) is 26.0 Å². The van der Waals surface area contributed by atoms with E-state index in [2.05, 4.69) is 15.2 Å². The number of alkyl halides is 6. The van der Waals surface area contributed by atoms with Crippen LogP contribution in [0.15, 0.2) is 39.0 Å². The van der Waals surface area contributed by atoms with Crippen molar-refractivity contribution in [3.63, 3.8) is 0 Å². The maximum atomic E-state index is 14.4. The van der Waals surface area contributed by atoms with Gasteiger partial charge in [-0.1, -0.05) is 60.8 Å². The van der Waals surface area contributed by atoms with Crippen molar-refractivity contribution < 1.29 is 62.6 Å². The second-order valence-corrected chi connectivity index (χ2v) is 16.4. The van der Waals surface area contributed by atoms with E-state index in [1.165, 1.54) is 20.1 Å². The van der Waals surface area contributed by atoms with Crippen LogP contribution in [0.25, 0.3) is 11.4 Å². The molecule has 2 atom stereocenters. The van der Waals surface area contributed by atoms with Gasteiger partial charge in [0.05, 0.1) is 64.3 Å². The summed E-state index contributed by atoms with van der Waals surface area (Å²) in [6.45, 7) is 13.6. The van der Waals surface area contributed by atoms with Crippen LogP contribution in [0.3, 0.4) is 0 Å². The van der Waals surface area contributed by atoms with Crippen molar-refractivity contribution in [3.8, 4) is 11.4 Å². The van der Waals surface area contributed by atoms with Gasteiger partial charge < -0.3 is 25.4 Å². The molecule has 2 aromatic carbocycles. The van der Waals surface area contributed by atoms with Crippen LogP contribution >= 0.6 is 68.1 Å². The molecule has 10 nitrogen and oxygen atoms in total. The number of benzene rings is 2. The van der Waals surface area contributed by atoms with Gasteiger partial charge in [-0.05, 0) is 79.2 Å². The summed E-state index contributed by atoms with van der Waals surface area (Å²) in [6.07, 6.45) is -7.37. The average Bonchev–Trinajstić information content (AvgIpc) is 3.62. The molecular weight excluding hydrogens is 988 g/mol. The summed E-state index contributed by atoms with van der Waals surface area (Å²) in [5.74, 6) is -0.375. The van der Waals surface area contributed by atoms with E-state index >= 15 is 0 Å². The topological polar surface area (TPSA) is 133 Å². The number of anilines is 1. The molecule has 4 N–H and O–H groups in total. The van der Waals surface area contributed by atoms with Gasteiger partial charge in [-0.2, -0.15) is 44.3 Å². The number of hydrogen-bond acceptors (Lipinski definition) is 7. The summed E-state index contributed by atoms with van der Waals surface area (Å²) in [7, 11) is -4.83. The van der Waals surface area contributed by atoms with Crippen molar-refractivity contribution in [2.24, 2.45) is 4.99 Å². The van der Waals surface area contributed by atoms with E-state index in [4.69, 9.17) is 66.3 Å². The summed E-state index contributed by atoms with van der Waals surface area (Å²) in [6, 6.07) is 2.68. The van der Waals surface area contributed by atoms with E-state index in [9.17, 15) is 42.9 Å². The first kappa shape index (κ1) is 60.1. The number of nitrogens with zero attached hydrogens (tertiary/aromatic N) is 5. The molecule has 0 aliphatic heterocycles. The second kappa shape index (κ2) is 26.3. The van der Waals surface area contributed by atoms with Crippen LogP contribution in [0.5, 0.6) is 0 Å². The highest BCUT2D eigenvalue weighted by Crippen LogP contribution is 2.45. The summed E-state index contributed by atoms with van der Waals surface area (Å²) in [4.78, 5) is 3.78. The third kappa shape index (κ3) is 15.9. The fraction of sp³-hybridized carbons (Fsp3) is 0.432. The minimum Gasteiger partial charge on any atom is -0.412 e. The quantitative estimate of drug-likeness (QED) is 0.0494. The molecule has 0 saturated carbocycles. The molecule has 4 aromatic rings. The van der Waals surface area contributed by atoms with Gasteiger partial charge in [0.2, 0.25) is 0 Å². The Balaban J connectivity index is 0.000000985. The Bertz CT molecular complexity index is 2190. The van der Waals surface area contributed by atoms with E-state index < -0.39 is 61.9 Å². The molecule has 2 aromatic heterocycles. The Kier molecular flexibility index (Phi) is 25.1. The van der Waals surface area contributed by atoms with E-state index in [0.29, 0.717) is 50.5 Å². The van der Waals surface area contributed by atoms with Crippen molar-refractivity contribution in [2.45, 2.75) is 97.9 Å². The van der Waals surface area contributed by atoms with Gasteiger partial charge >= 0.3 is 12.4 Å². The molecular formula is C37H46Cl4F10N6O4S2. The van der Waals surface area contributed by atoms with Gasteiger partial charge in [-0.15, -0.1) is 0 Å². The fourth-order valence-electron chi connectivity index (χ4n) is 4.78. The largest absolute Gasteiger partial charge is 0.416 e. The first-order valence-corrected chi connectivity index (χ1v) is 21.3. The number of halogens is 14. The van der Waals surface area contributed by atoms with Crippen molar-refractivity contribution in [3.05, 3.63) is 66.9 Å². The highest BCUT2D eigenvalue weighted by atomic mass is 35.5. The van der Waals surface area contributed by atoms with Crippen molar-refractivity contribution in [1.82, 2.24) is 19.6 Å². The molecule has 0 spiro atoms. The monoisotopic (exact) mass is 1030 g/mol. The molecule has 0 radical (unpaired) electrons. The minimum absolute atomic E-state index is 0. The second-order valence-electron chi connectivity index (χ2n) is 11.8. The Labute approximate surface area is 383 Å². The van der Waals surface area contributed by atoms with Crippen LogP contribution in [0.4, 0.5) is 54.5 Å². The Hall–Kier alpha value is -2.93. The van der Waals surface area contributed by atoms with Crippen molar-refractivity contribution >= 4 is 96.2 Å². The minimum atomic E-state index is -4.65. The van der Waals surface area contributed by atoms with Crippen molar-refractivity contribution in [2.75, 3.05) is 25.6 Å². The molecule has 0 aliphatic rings. The standard InChI is InChI=1S/C16H14Cl2F5N3S.C13H10Cl2F5N3S.C7H16O3.CH4.H2O/c1-4-5-24-15-14(27(23)9(3)19)8(2)25-26(15)13-11(17)6-10(7-12(13)18)16(20,21)22;1-5-11(24(20)6(2)16)12(21)23(22-5)10-8(14)3-7(4-9(10)15)13(17,18)19;1-4-8-7(9-5-2)10-6-3;;/h5-7H,4H2,1-3H3;3-4H,21H2,1-2H3;7H,4-6H2,1-3H3;1H4;1H2. The molecule has 0 amide bonds. The summed E-state index contributed by atoms with van der Waals surface area (Å²) >= 11 is 23.8. The average molecular weight is 1030 g/mol. The zero-order valence-electron chi connectivity index (χ0n) is 33.9. The maximum absolute atomic E-state index is 14.4. The van der Waals surface area contributed by atoms with Crippen LogP contribution in [0.2, 0.25) is 20.1 Å². The molecule has 2 unspecified atom stereocenters.